The Hall–Kier alpha value is -2.48. The van der Waals surface area contributed by atoms with Gasteiger partial charge in [-0.2, -0.15) is 0 Å². The van der Waals surface area contributed by atoms with Gasteiger partial charge in [0.2, 0.25) is 16.9 Å². The predicted molar refractivity (Wildman–Crippen MR) is 105 cm³/mol. The Balaban J connectivity index is 1.64. The zero-order valence-corrected chi connectivity index (χ0v) is 16.5. The molecule has 1 atom stereocenters. The second-order valence-corrected chi connectivity index (χ2v) is 7.97. The van der Waals surface area contributed by atoms with Crippen LogP contribution >= 0.6 is 11.3 Å². The highest BCUT2D eigenvalue weighted by Crippen LogP contribution is 2.28. The summed E-state index contributed by atoms with van der Waals surface area (Å²) in [4.78, 5) is 24.9. The molecule has 1 aromatic heterocycles. The highest BCUT2D eigenvalue weighted by molar-refractivity contribution is 7.18. The van der Waals surface area contributed by atoms with E-state index in [4.69, 9.17) is 4.74 Å². The topological polar surface area (TPSA) is 93.2 Å². The van der Waals surface area contributed by atoms with Crippen LogP contribution in [0.25, 0.3) is 10.6 Å². The summed E-state index contributed by atoms with van der Waals surface area (Å²) in [5.74, 6) is 0.477. The average Bonchev–Trinajstić information content (AvgIpc) is 3.06. The lowest BCUT2D eigenvalue weighted by atomic mass is 9.84. The van der Waals surface area contributed by atoms with E-state index in [0.29, 0.717) is 10.1 Å². The first kappa shape index (κ1) is 19.3. The summed E-state index contributed by atoms with van der Waals surface area (Å²) in [7, 11) is 1.61. The first-order valence-corrected chi connectivity index (χ1v) is 9.88. The van der Waals surface area contributed by atoms with Crippen LogP contribution in [0.2, 0.25) is 0 Å². The Morgan fingerprint density at radius 2 is 1.89 bits per heavy atom. The molecule has 2 aromatic rings. The normalized spacial score (nSPS) is 15.1. The molecule has 1 unspecified atom stereocenters. The van der Waals surface area contributed by atoms with Gasteiger partial charge in [0.15, 0.2) is 0 Å². The second kappa shape index (κ2) is 8.47. The van der Waals surface area contributed by atoms with Gasteiger partial charge in [-0.3, -0.25) is 14.9 Å². The van der Waals surface area contributed by atoms with E-state index >= 15 is 0 Å². The minimum Gasteiger partial charge on any atom is -0.497 e. The third-order valence-electron chi connectivity index (χ3n) is 4.71. The Morgan fingerprint density at radius 3 is 2.44 bits per heavy atom. The number of carbonyl (C=O) groups is 2. The zero-order chi connectivity index (χ0) is 19.4. The molecule has 27 heavy (non-hydrogen) atoms. The van der Waals surface area contributed by atoms with E-state index in [1.807, 2.05) is 38.1 Å². The molecule has 8 heteroatoms. The first-order valence-electron chi connectivity index (χ1n) is 9.07. The standard InChI is InChI=1S/C19H24N4O3S/c1-11(2)15(20-16(24)12-5-4-6-12)17(25)21-19-23-22-18(27-19)13-7-9-14(26-3)10-8-13/h7-12,15H,4-6H2,1-3H3,(H,20,24)(H,21,23,25). The van der Waals surface area contributed by atoms with Crippen molar-refractivity contribution >= 4 is 28.3 Å². The van der Waals surface area contributed by atoms with Crippen molar-refractivity contribution < 1.29 is 14.3 Å². The molecular formula is C19H24N4O3S. The van der Waals surface area contributed by atoms with Crippen LogP contribution in [0.5, 0.6) is 5.75 Å². The van der Waals surface area contributed by atoms with E-state index in [0.717, 1.165) is 30.6 Å². The Morgan fingerprint density at radius 1 is 1.19 bits per heavy atom. The van der Waals surface area contributed by atoms with Gasteiger partial charge < -0.3 is 10.1 Å². The maximum atomic E-state index is 12.6. The smallest absolute Gasteiger partial charge is 0.249 e. The SMILES string of the molecule is COc1ccc(-c2nnc(NC(=O)C(NC(=O)C3CCC3)C(C)C)s2)cc1. The summed E-state index contributed by atoms with van der Waals surface area (Å²) < 4.78 is 5.15. The number of hydrogen-bond acceptors (Lipinski definition) is 6. The molecule has 144 valence electrons. The minimum atomic E-state index is -0.591. The molecular weight excluding hydrogens is 364 g/mol. The van der Waals surface area contributed by atoms with Crippen LogP contribution in [0.15, 0.2) is 24.3 Å². The van der Waals surface area contributed by atoms with E-state index in [2.05, 4.69) is 20.8 Å². The lowest BCUT2D eigenvalue weighted by Gasteiger charge is -2.28. The molecule has 0 saturated heterocycles. The predicted octanol–water partition coefficient (Wildman–Crippen LogP) is 3.09. The van der Waals surface area contributed by atoms with Gasteiger partial charge in [0.05, 0.1) is 7.11 Å². The highest BCUT2D eigenvalue weighted by atomic mass is 32.1. The van der Waals surface area contributed by atoms with Crippen molar-refractivity contribution in [2.24, 2.45) is 11.8 Å². The van der Waals surface area contributed by atoms with Crippen LogP contribution in [0, 0.1) is 11.8 Å². The molecule has 1 heterocycles. The molecule has 3 rings (SSSR count). The fourth-order valence-electron chi connectivity index (χ4n) is 2.78. The lowest BCUT2D eigenvalue weighted by Crippen LogP contribution is -2.49. The minimum absolute atomic E-state index is 0.0250. The zero-order valence-electron chi connectivity index (χ0n) is 15.7. The van der Waals surface area contributed by atoms with Gasteiger partial charge in [-0.1, -0.05) is 31.6 Å². The number of rotatable bonds is 7. The van der Waals surface area contributed by atoms with Crippen LogP contribution in [-0.4, -0.2) is 35.2 Å². The van der Waals surface area contributed by atoms with Crippen LogP contribution in [0.1, 0.15) is 33.1 Å². The Kier molecular flexibility index (Phi) is 6.05. The van der Waals surface area contributed by atoms with Gasteiger partial charge in [0.25, 0.3) is 0 Å². The van der Waals surface area contributed by atoms with Gasteiger partial charge in [0, 0.05) is 11.5 Å². The van der Waals surface area contributed by atoms with E-state index < -0.39 is 6.04 Å². The van der Waals surface area contributed by atoms with E-state index in [1.165, 1.54) is 11.3 Å². The highest BCUT2D eigenvalue weighted by Gasteiger charge is 2.31. The molecule has 2 N–H and O–H groups in total. The average molecular weight is 388 g/mol. The monoisotopic (exact) mass is 388 g/mol. The fraction of sp³-hybridized carbons (Fsp3) is 0.474. The van der Waals surface area contributed by atoms with Gasteiger partial charge in [0.1, 0.15) is 16.8 Å². The van der Waals surface area contributed by atoms with Crippen LogP contribution in [0.4, 0.5) is 5.13 Å². The summed E-state index contributed by atoms with van der Waals surface area (Å²) >= 11 is 1.29. The van der Waals surface area contributed by atoms with Crippen molar-refractivity contribution in [3.05, 3.63) is 24.3 Å². The molecule has 1 aromatic carbocycles. The summed E-state index contributed by atoms with van der Waals surface area (Å²) in [6.07, 6.45) is 2.88. The molecule has 1 aliphatic rings. The number of benzene rings is 1. The molecule has 0 aliphatic heterocycles. The molecule has 1 aliphatic carbocycles. The lowest BCUT2D eigenvalue weighted by molar-refractivity contribution is -0.131. The number of nitrogens with one attached hydrogen (secondary N) is 2. The van der Waals surface area contributed by atoms with Crippen LogP contribution in [0.3, 0.4) is 0 Å². The number of nitrogens with zero attached hydrogens (tertiary/aromatic N) is 2. The number of carbonyl (C=O) groups excluding carboxylic acids is 2. The van der Waals surface area contributed by atoms with Gasteiger partial charge >= 0.3 is 0 Å². The largest absolute Gasteiger partial charge is 0.497 e. The van der Waals surface area contributed by atoms with Gasteiger partial charge in [-0.25, -0.2) is 0 Å². The van der Waals surface area contributed by atoms with Crippen molar-refractivity contribution in [1.29, 1.82) is 0 Å². The third-order valence-corrected chi connectivity index (χ3v) is 5.60. The summed E-state index contributed by atoms with van der Waals surface area (Å²) in [6, 6.07) is 6.88. The molecule has 0 bridgehead atoms. The third kappa shape index (κ3) is 4.63. The van der Waals surface area contributed by atoms with Crippen LogP contribution in [-0.2, 0) is 9.59 Å². The van der Waals surface area contributed by atoms with Crippen LogP contribution < -0.4 is 15.4 Å². The van der Waals surface area contributed by atoms with E-state index in [9.17, 15) is 9.59 Å². The quantitative estimate of drug-likeness (QED) is 0.760. The second-order valence-electron chi connectivity index (χ2n) is 6.99. The summed E-state index contributed by atoms with van der Waals surface area (Å²) in [5, 5.41) is 15.0. The van der Waals surface area contributed by atoms with Crippen molar-refractivity contribution in [3.63, 3.8) is 0 Å². The fourth-order valence-corrected chi connectivity index (χ4v) is 3.54. The van der Waals surface area contributed by atoms with Crippen molar-refractivity contribution in [3.8, 4) is 16.3 Å². The Bertz CT molecular complexity index is 800. The number of aromatic nitrogens is 2. The van der Waals surface area contributed by atoms with E-state index in [-0.39, 0.29) is 23.7 Å². The van der Waals surface area contributed by atoms with Gasteiger partial charge in [-0.15, -0.1) is 10.2 Å². The van der Waals surface area contributed by atoms with Crippen molar-refractivity contribution in [2.75, 3.05) is 12.4 Å². The molecule has 1 fully saturated rings. The van der Waals surface area contributed by atoms with Crippen molar-refractivity contribution in [1.82, 2.24) is 15.5 Å². The molecule has 1 saturated carbocycles. The van der Waals surface area contributed by atoms with Gasteiger partial charge in [-0.05, 0) is 43.0 Å². The Labute approximate surface area is 162 Å². The molecule has 7 nitrogen and oxygen atoms in total. The maximum absolute atomic E-state index is 12.6. The van der Waals surface area contributed by atoms with Crippen molar-refractivity contribution in [2.45, 2.75) is 39.2 Å². The first-order chi connectivity index (χ1) is 13.0. The summed E-state index contributed by atoms with van der Waals surface area (Å²) in [6.45, 7) is 3.82. The number of hydrogen-bond donors (Lipinski definition) is 2. The maximum Gasteiger partial charge on any atom is 0.249 e. The number of anilines is 1. The molecule has 2 amide bonds. The van der Waals surface area contributed by atoms with E-state index in [1.54, 1.807) is 7.11 Å². The number of methoxy groups -OCH3 is 1. The molecule has 0 radical (unpaired) electrons. The number of amides is 2. The number of ether oxygens (including phenoxy) is 1. The summed E-state index contributed by atoms with van der Waals surface area (Å²) in [5.41, 5.74) is 0.896. The molecule has 0 spiro atoms.